The molecule has 0 aromatic heterocycles. The molecule has 0 amide bonds. The van der Waals surface area contributed by atoms with Gasteiger partial charge in [0.25, 0.3) is 0 Å². The molecule has 2 aliphatic rings. The quantitative estimate of drug-likeness (QED) is 0.909. The highest BCUT2D eigenvalue weighted by atomic mass is 32.2. The van der Waals surface area contributed by atoms with Crippen molar-refractivity contribution in [2.45, 2.75) is 31.4 Å². The minimum absolute atomic E-state index is 0.188. The summed E-state index contributed by atoms with van der Waals surface area (Å²) in [4.78, 5) is 1.96. The average Bonchev–Trinajstić information content (AvgIpc) is 2.84. The van der Waals surface area contributed by atoms with Crippen LogP contribution in [-0.4, -0.2) is 49.1 Å². The van der Waals surface area contributed by atoms with Crippen LogP contribution in [0, 0.1) is 17.6 Å². The lowest BCUT2D eigenvalue weighted by Crippen LogP contribution is -2.35. The number of aliphatic hydroxyl groups is 1. The molecule has 2 saturated heterocycles. The van der Waals surface area contributed by atoms with Crippen molar-refractivity contribution < 1.29 is 22.3 Å². The molecule has 1 aromatic rings. The molecule has 2 atom stereocenters. The van der Waals surface area contributed by atoms with Crippen molar-refractivity contribution in [1.29, 1.82) is 0 Å². The Balaban J connectivity index is 1.74. The van der Waals surface area contributed by atoms with Gasteiger partial charge >= 0.3 is 0 Å². The molecule has 0 spiro atoms. The minimum atomic E-state index is -2.92. The van der Waals surface area contributed by atoms with Crippen molar-refractivity contribution in [2.24, 2.45) is 5.92 Å². The van der Waals surface area contributed by atoms with E-state index in [0.29, 0.717) is 32.4 Å². The van der Waals surface area contributed by atoms with Crippen LogP contribution in [0.15, 0.2) is 18.2 Å². The number of benzene rings is 1. The highest BCUT2D eigenvalue weighted by molar-refractivity contribution is 7.91. The van der Waals surface area contributed by atoms with E-state index in [1.807, 2.05) is 4.90 Å². The van der Waals surface area contributed by atoms with Gasteiger partial charge in [0, 0.05) is 24.7 Å². The normalized spacial score (nSPS) is 29.0. The Morgan fingerprint density at radius 1 is 1.22 bits per heavy atom. The van der Waals surface area contributed by atoms with Crippen LogP contribution in [0.1, 0.15) is 30.9 Å². The van der Waals surface area contributed by atoms with Crippen molar-refractivity contribution in [3.63, 3.8) is 0 Å². The van der Waals surface area contributed by atoms with Crippen LogP contribution in [0.2, 0.25) is 0 Å². The Morgan fingerprint density at radius 3 is 2.61 bits per heavy atom. The van der Waals surface area contributed by atoms with Crippen molar-refractivity contribution >= 4 is 9.84 Å². The number of nitrogens with zero attached hydrogens (tertiary/aromatic N) is 1. The number of aliphatic hydroxyl groups excluding tert-OH is 1. The number of rotatable bonds is 3. The van der Waals surface area contributed by atoms with Gasteiger partial charge in [-0.3, -0.25) is 4.90 Å². The molecular weight excluding hydrogens is 324 g/mol. The topological polar surface area (TPSA) is 57.6 Å². The van der Waals surface area contributed by atoms with Crippen LogP contribution in [0.5, 0.6) is 0 Å². The van der Waals surface area contributed by atoms with E-state index >= 15 is 0 Å². The maximum absolute atomic E-state index is 14.0. The average molecular weight is 345 g/mol. The first-order valence-corrected chi connectivity index (χ1v) is 9.74. The molecule has 4 nitrogen and oxygen atoms in total. The van der Waals surface area contributed by atoms with Gasteiger partial charge in [-0.15, -0.1) is 0 Å². The zero-order chi connectivity index (χ0) is 16.6. The molecule has 2 heterocycles. The maximum atomic E-state index is 14.0. The second kappa shape index (κ2) is 6.45. The molecule has 0 saturated carbocycles. The zero-order valence-corrected chi connectivity index (χ0v) is 13.6. The summed E-state index contributed by atoms with van der Waals surface area (Å²) in [5.41, 5.74) is 0.269. The van der Waals surface area contributed by atoms with Crippen molar-refractivity contribution in [3.8, 4) is 0 Å². The number of β-amino-alcohol motifs (C(OH)–C–C–N with tert-alkyl or cyclic N) is 1. The van der Waals surface area contributed by atoms with E-state index < -0.39 is 27.6 Å². The summed E-state index contributed by atoms with van der Waals surface area (Å²) < 4.78 is 50.5. The summed E-state index contributed by atoms with van der Waals surface area (Å²) in [6, 6.07) is 3.02. The predicted octanol–water partition coefficient (Wildman–Crippen LogP) is 1.90. The summed E-state index contributed by atoms with van der Waals surface area (Å²) in [6.45, 7) is 1.01. The second-order valence-electron chi connectivity index (χ2n) is 6.62. The van der Waals surface area contributed by atoms with Crippen molar-refractivity contribution in [3.05, 3.63) is 35.4 Å². The molecule has 1 aromatic carbocycles. The summed E-state index contributed by atoms with van der Waals surface area (Å²) in [5.74, 6) is -0.378. The van der Waals surface area contributed by atoms with E-state index in [1.165, 1.54) is 6.07 Å². The molecule has 2 aliphatic heterocycles. The van der Waals surface area contributed by atoms with E-state index in [-0.39, 0.29) is 29.0 Å². The summed E-state index contributed by atoms with van der Waals surface area (Å²) in [7, 11) is -2.92. The Hall–Kier alpha value is -1.05. The maximum Gasteiger partial charge on any atom is 0.150 e. The highest BCUT2D eigenvalue weighted by Gasteiger charge is 2.36. The van der Waals surface area contributed by atoms with Crippen LogP contribution in [-0.2, 0) is 9.84 Å². The summed E-state index contributed by atoms with van der Waals surface area (Å²) in [5, 5.41) is 9.95. The third-order valence-corrected chi connectivity index (χ3v) is 6.58. The standard InChI is InChI=1S/C16H21F2NO3S/c17-12-1-2-15(18)14(7-12)16-8-13(20)10-19(16)9-11-3-5-23(21,22)6-4-11/h1-2,7,11,13,16,20H,3-6,8-10H2/t13-,16+/m0/s1. The number of hydrogen-bond donors (Lipinski definition) is 1. The number of halogens is 2. The molecule has 23 heavy (non-hydrogen) atoms. The third kappa shape index (κ3) is 3.89. The number of hydrogen-bond acceptors (Lipinski definition) is 4. The first kappa shape index (κ1) is 16.8. The van der Waals surface area contributed by atoms with Crippen LogP contribution in [0.4, 0.5) is 8.78 Å². The molecule has 0 bridgehead atoms. The Labute approximate surface area is 135 Å². The van der Waals surface area contributed by atoms with Crippen LogP contribution in [0.3, 0.4) is 0 Å². The van der Waals surface area contributed by atoms with E-state index in [2.05, 4.69) is 0 Å². The number of likely N-dealkylation sites (tertiary alicyclic amines) is 1. The number of sulfone groups is 1. The van der Waals surface area contributed by atoms with Crippen molar-refractivity contribution in [1.82, 2.24) is 4.90 Å². The Bertz CT molecular complexity index is 666. The minimum Gasteiger partial charge on any atom is -0.392 e. The first-order valence-electron chi connectivity index (χ1n) is 7.91. The van der Waals surface area contributed by atoms with E-state index in [9.17, 15) is 22.3 Å². The van der Waals surface area contributed by atoms with Gasteiger partial charge in [0.15, 0.2) is 0 Å². The Kier molecular flexibility index (Phi) is 4.71. The van der Waals surface area contributed by atoms with Gasteiger partial charge < -0.3 is 5.11 Å². The largest absolute Gasteiger partial charge is 0.392 e. The van der Waals surface area contributed by atoms with Crippen LogP contribution < -0.4 is 0 Å². The SMILES string of the molecule is O=S1(=O)CCC(CN2C[C@@H](O)C[C@@H]2c2cc(F)ccc2F)CC1. The van der Waals surface area contributed by atoms with Gasteiger partial charge in [0.1, 0.15) is 21.5 Å². The van der Waals surface area contributed by atoms with E-state index in [4.69, 9.17) is 0 Å². The smallest absolute Gasteiger partial charge is 0.150 e. The fourth-order valence-electron chi connectivity index (χ4n) is 3.63. The zero-order valence-electron chi connectivity index (χ0n) is 12.8. The predicted molar refractivity (Wildman–Crippen MR) is 82.7 cm³/mol. The molecule has 128 valence electrons. The van der Waals surface area contributed by atoms with Gasteiger partial charge in [0.05, 0.1) is 17.6 Å². The van der Waals surface area contributed by atoms with E-state index in [1.54, 1.807) is 0 Å². The van der Waals surface area contributed by atoms with Gasteiger partial charge in [-0.1, -0.05) is 0 Å². The monoisotopic (exact) mass is 345 g/mol. The molecule has 0 unspecified atom stereocenters. The molecule has 2 fully saturated rings. The Morgan fingerprint density at radius 2 is 1.91 bits per heavy atom. The fraction of sp³-hybridized carbons (Fsp3) is 0.625. The summed E-state index contributed by atoms with van der Waals surface area (Å²) >= 11 is 0. The molecule has 0 aliphatic carbocycles. The summed E-state index contributed by atoms with van der Waals surface area (Å²) in [6.07, 6.45) is 0.973. The van der Waals surface area contributed by atoms with Crippen molar-refractivity contribution in [2.75, 3.05) is 24.6 Å². The van der Waals surface area contributed by atoms with Gasteiger partial charge in [0.2, 0.25) is 0 Å². The first-order chi connectivity index (χ1) is 10.8. The van der Waals surface area contributed by atoms with Gasteiger partial charge in [-0.25, -0.2) is 17.2 Å². The third-order valence-electron chi connectivity index (χ3n) is 4.87. The highest BCUT2D eigenvalue weighted by Crippen LogP contribution is 2.35. The van der Waals surface area contributed by atoms with Gasteiger partial charge in [-0.2, -0.15) is 0 Å². The molecule has 0 radical (unpaired) electrons. The molecule has 1 N–H and O–H groups in total. The lowest BCUT2D eigenvalue weighted by atomic mass is 9.99. The van der Waals surface area contributed by atoms with Gasteiger partial charge in [-0.05, 0) is 43.4 Å². The van der Waals surface area contributed by atoms with Crippen LogP contribution >= 0.6 is 0 Å². The molecular formula is C16H21F2NO3S. The van der Waals surface area contributed by atoms with Crippen LogP contribution in [0.25, 0.3) is 0 Å². The second-order valence-corrected chi connectivity index (χ2v) is 8.92. The lowest BCUT2D eigenvalue weighted by Gasteiger charge is -2.31. The van der Waals surface area contributed by atoms with E-state index in [0.717, 1.165) is 12.1 Å². The molecule has 3 rings (SSSR count). The fourth-order valence-corrected chi connectivity index (χ4v) is 5.22. The lowest BCUT2D eigenvalue weighted by molar-refractivity contribution is 0.162. The molecule has 7 heteroatoms.